The number of carbonyl (C=O) groups excluding carboxylic acids is 1. The van der Waals surface area contributed by atoms with Crippen molar-refractivity contribution in [3.63, 3.8) is 0 Å². The van der Waals surface area contributed by atoms with E-state index in [-0.39, 0.29) is 23.2 Å². The lowest BCUT2D eigenvalue weighted by Crippen LogP contribution is -2.33. The van der Waals surface area contributed by atoms with E-state index in [1.807, 2.05) is 0 Å². The number of benzene rings is 2. The quantitative estimate of drug-likeness (QED) is 0.290. The Kier molecular flexibility index (Phi) is 5.06. The first-order valence-corrected chi connectivity index (χ1v) is 10.1. The zero-order valence-electron chi connectivity index (χ0n) is 15.6. The Hall–Kier alpha value is -3.20. The van der Waals surface area contributed by atoms with Gasteiger partial charge in [0, 0.05) is 18.2 Å². The van der Waals surface area contributed by atoms with E-state index < -0.39 is 10.2 Å². The second-order valence-electron chi connectivity index (χ2n) is 6.87. The number of fused-ring (bicyclic) bond motifs is 1. The fourth-order valence-electron chi connectivity index (χ4n) is 2.90. The summed E-state index contributed by atoms with van der Waals surface area (Å²) in [7, 11) is 0. The third kappa shape index (κ3) is 4.00. The summed E-state index contributed by atoms with van der Waals surface area (Å²) in [6.07, 6.45) is 1.98. The Balaban J connectivity index is 1.78. The lowest BCUT2D eigenvalue weighted by molar-refractivity contribution is -0.384. The molecule has 0 aliphatic heterocycles. The molecular weight excluding hydrogens is 392 g/mol. The van der Waals surface area contributed by atoms with Gasteiger partial charge in [-0.25, -0.2) is 4.98 Å². The number of rotatable bonds is 6. The number of hydrogen-bond acceptors (Lipinski definition) is 6. The number of nitrogens with one attached hydrogen (secondary N) is 1. The SMILES string of the molecule is C[C@H](Sc1nc2ccccc2c(=O)n1-c1ccc([N+](=O)[O-])cc1)C(=O)NC1CC1. The molecule has 1 aromatic heterocycles. The predicted octanol–water partition coefficient (Wildman–Crippen LogP) is 3.05. The largest absolute Gasteiger partial charge is 0.352 e. The minimum absolute atomic E-state index is 0.0677. The van der Waals surface area contributed by atoms with Gasteiger partial charge in [0.25, 0.3) is 11.2 Å². The molecule has 9 heteroatoms. The summed E-state index contributed by atoms with van der Waals surface area (Å²) < 4.78 is 1.40. The van der Waals surface area contributed by atoms with Crippen LogP contribution in [-0.2, 0) is 4.79 Å². The van der Waals surface area contributed by atoms with E-state index >= 15 is 0 Å². The van der Waals surface area contributed by atoms with Crippen LogP contribution >= 0.6 is 11.8 Å². The van der Waals surface area contributed by atoms with Crippen molar-refractivity contribution in [2.75, 3.05) is 0 Å². The van der Waals surface area contributed by atoms with Crippen LogP contribution in [0.15, 0.2) is 58.5 Å². The molecule has 1 saturated carbocycles. The van der Waals surface area contributed by atoms with E-state index in [0.717, 1.165) is 12.8 Å². The standard InChI is InChI=1S/C20H18N4O4S/c1-12(18(25)21-13-6-7-13)29-20-22-17-5-3-2-4-16(17)19(26)23(20)14-8-10-15(11-9-14)24(27)28/h2-5,8-13H,6-7H2,1H3,(H,21,25)/t12-/m0/s1. The lowest BCUT2D eigenvalue weighted by atomic mass is 10.2. The molecule has 0 radical (unpaired) electrons. The normalized spacial score (nSPS) is 14.5. The summed E-state index contributed by atoms with van der Waals surface area (Å²) in [6, 6.07) is 12.9. The van der Waals surface area contributed by atoms with E-state index in [4.69, 9.17) is 0 Å². The first-order chi connectivity index (χ1) is 13.9. The number of para-hydroxylation sites is 1. The van der Waals surface area contributed by atoms with Crippen molar-refractivity contribution in [2.24, 2.45) is 0 Å². The molecule has 1 aliphatic rings. The summed E-state index contributed by atoms with van der Waals surface area (Å²) in [5.41, 5.74) is 0.632. The van der Waals surface area contributed by atoms with Crippen molar-refractivity contribution in [3.05, 3.63) is 69.0 Å². The minimum atomic E-state index is -0.495. The third-order valence-electron chi connectivity index (χ3n) is 4.64. The molecule has 1 aliphatic carbocycles. The fraction of sp³-hybridized carbons (Fsp3) is 0.250. The van der Waals surface area contributed by atoms with Crippen LogP contribution in [0.2, 0.25) is 0 Å². The number of nitrogens with zero attached hydrogens (tertiary/aromatic N) is 3. The van der Waals surface area contributed by atoms with Crippen LogP contribution < -0.4 is 10.9 Å². The number of thioether (sulfide) groups is 1. The molecule has 0 saturated heterocycles. The van der Waals surface area contributed by atoms with Gasteiger partial charge in [-0.3, -0.25) is 24.3 Å². The Morgan fingerprint density at radius 2 is 1.93 bits per heavy atom. The molecule has 3 aromatic rings. The molecule has 4 rings (SSSR count). The van der Waals surface area contributed by atoms with Crippen LogP contribution in [0, 0.1) is 10.1 Å². The van der Waals surface area contributed by atoms with Gasteiger partial charge in [0.1, 0.15) is 0 Å². The first kappa shape index (κ1) is 19.1. The van der Waals surface area contributed by atoms with Crippen LogP contribution in [0.1, 0.15) is 19.8 Å². The maximum atomic E-state index is 13.2. The average molecular weight is 410 g/mol. The van der Waals surface area contributed by atoms with Gasteiger partial charge in [-0.2, -0.15) is 0 Å². The molecule has 2 aromatic carbocycles. The molecule has 1 amide bonds. The van der Waals surface area contributed by atoms with Crippen LogP contribution in [0.4, 0.5) is 5.69 Å². The Morgan fingerprint density at radius 3 is 2.59 bits per heavy atom. The van der Waals surface area contributed by atoms with E-state index in [9.17, 15) is 19.7 Å². The van der Waals surface area contributed by atoms with Crippen molar-refractivity contribution in [1.82, 2.24) is 14.9 Å². The number of nitro groups is 1. The van der Waals surface area contributed by atoms with Crippen molar-refractivity contribution < 1.29 is 9.72 Å². The highest BCUT2D eigenvalue weighted by molar-refractivity contribution is 8.00. The van der Waals surface area contributed by atoms with Crippen molar-refractivity contribution in [2.45, 2.75) is 36.2 Å². The van der Waals surface area contributed by atoms with Crippen molar-refractivity contribution in [3.8, 4) is 5.69 Å². The molecule has 1 N–H and O–H groups in total. The summed E-state index contributed by atoms with van der Waals surface area (Å²) >= 11 is 1.19. The van der Waals surface area contributed by atoms with Gasteiger partial charge in [0.15, 0.2) is 5.16 Å². The first-order valence-electron chi connectivity index (χ1n) is 9.17. The minimum Gasteiger partial charge on any atom is -0.352 e. The highest BCUT2D eigenvalue weighted by atomic mass is 32.2. The van der Waals surface area contributed by atoms with E-state index in [1.165, 1.54) is 40.6 Å². The van der Waals surface area contributed by atoms with Gasteiger partial charge < -0.3 is 5.32 Å². The molecule has 8 nitrogen and oxygen atoms in total. The molecule has 1 heterocycles. The molecule has 0 unspecified atom stereocenters. The zero-order chi connectivity index (χ0) is 20.5. The highest BCUT2D eigenvalue weighted by Crippen LogP contribution is 2.27. The van der Waals surface area contributed by atoms with Crippen LogP contribution in [-0.4, -0.2) is 31.7 Å². The average Bonchev–Trinajstić information content (AvgIpc) is 3.52. The topological polar surface area (TPSA) is 107 Å². The maximum absolute atomic E-state index is 13.2. The number of non-ortho nitro benzene ring substituents is 1. The summed E-state index contributed by atoms with van der Waals surface area (Å²) in [6.45, 7) is 1.77. The Bertz CT molecular complexity index is 1160. The van der Waals surface area contributed by atoms with Gasteiger partial charge in [-0.1, -0.05) is 23.9 Å². The van der Waals surface area contributed by atoms with Gasteiger partial charge in [0.2, 0.25) is 5.91 Å². The van der Waals surface area contributed by atoms with Crippen molar-refractivity contribution in [1.29, 1.82) is 0 Å². The molecule has 0 bridgehead atoms. The third-order valence-corrected chi connectivity index (χ3v) is 5.69. The second-order valence-corrected chi connectivity index (χ2v) is 8.18. The summed E-state index contributed by atoms with van der Waals surface area (Å²) in [5, 5.41) is 14.2. The van der Waals surface area contributed by atoms with E-state index in [0.29, 0.717) is 21.7 Å². The molecule has 1 atom stereocenters. The summed E-state index contributed by atoms with van der Waals surface area (Å²) in [5.74, 6) is -0.102. The molecule has 0 spiro atoms. The number of carbonyl (C=O) groups is 1. The van der Waals surface area contributed by atoms with E-state index in [1.54, 1.807) is 31.2 Å². The van der Waals surface area contributed by atoms with Crippen LogP contribution in [0.5, 0.6) is 0 Å². The van der Waals surface area contributed by atoms with Gasteiger partial charge in [0.05, 0.1) is 26.8 Å². The van der Waals surface area contributed by atoms with Crippen LogP contribution in [0.3, 0.4) is 0 Å². The molecule has 1 fully saturated rings. The molecule has 29 heavy (non-hydrogen) atoms. The van der Waals surface area contributed by atoms with Gasteiger partial charge in [-0.15, -0.1) is 0 Å². The zero-order valence-corrected chi connectivity index (χ0v) is 16.4. The van der Waals surface area contributed by atoms with Crippen molar-refractivity contribution >= 4 is 34.3 Å². The Morgan fingerprint density at radius 1 is 1.24 bits per heavy atom. The number of hydrogen-bond donors (Lipinski definition) is 1. The van der Waals surface area contributed by atoms with Gasteiger partial charge >= 0.3 is 0 Å². The van der Waals surface area contributed by atoms with Gasteiger partial charge in [-0.05, 0) is 44.0 Å². The predicted molar refractivity (Wildman–Crippen MR) is 110 cm³/mol. The smallest absolute Gasteiger partial charge is 0.269 e. The highest BCUT2D eigenvalue weighted by Gasteiger charge is 2.27. The fourth-order valence-corrected chi connectivity index (χ4v) is 3.84. The second kappa shape index (κ2) is 7.67. The number of aromatic nitrogens is 2. The lowest BCUT2D eigenvalue weighted by Gasteiger charge is -2.16. The maximum Gasteiger partial charge on any atom is 0.269 e. The number of nitro benzene ring substituents is 1. The monoisotopic (exact) mass is 410 g/mol. The van der Waals surface area contributed by atoms with Crippen LogP contribution in [0.25, 0.3) is 16.6 Å². The van der Waals surface area contributed by atoms with E-state index in [2.05, 4.69) is 10.3 Å². The molecular formula is C20H18N4O4S. The summed E-state index contributed by atoms with van der Waals surface area (Å²) in [4.78, 5) is 40.6. The number of amides is 1. The molecule has 148 valence electrons. The Labute approximate surface area is 170 Å².